The molecule has 0 saturated carbocycles. The Hall–Kier alpha value is -1.67. The zero-order chi connectivity index (χ0) is 17.1. The first kappa shape index (κ1) is 20.3. The van der Waals surface area contributed by atoms with Crippen molar-refractivity contribution in [3.63, 3.8) is 0 Å². The van der Waals surface area contributed by atoms with E-state index in [9.17, 15) is 14.4 Å². The third-order valence-corrected chi connectivity index (χ3v) is 2.95. The Morgan fingerprint density at radius 1 is 1.18 bits per heavy atom. The Morgan fingerprint density at radius 3 is 2.32 bits per heavy atom. The van der Waals surface area contributed by atoms with Gasteiger partial charge in [0.2, 0.25) is 11.8 Å². The number of nitrogens with one attached hydrogen (secondary N) is 2. The van der Waals surface area contributed by atoms with Crippen LogP contribution in [0, 0.1) is 5.92 Å². The van der Waals surface area contributed by atoms with Gasteiger partial charge in [-0.05, 0) is 25.3 Å². The van der Waals surface area contributed by atoms with Gasteiger partial charge in [-0.1, -0.05) is 13.8 Å². The average Bonchev–Trinajstić information content (AvgIpc) is 2.35. The topological polar surface area (TPSA) is 125 Å². The standard InChI is InChI=1S/C14H28N4O4/c1-10(2)4-5-12(19)16-11(6-7-15)8-13(20)17-18(3)9-14(21)22/h10-11H,4-9,15H2,1-3H3,(H,16,19)(H,17,20)(H,21,22)/t11-/m0/s1. The van der Waals surface area contributed by atoms with Crippen LogP contribution in [0.1, 0.15) is 39.5 Å². The van der Waals surface area contributed by atoms with Crippen LogP contribution in [0.15, 0.2) is 0 Å². The van der Waals surface area contributed by atoms with E-state index in [1.54, 1.807) is 0 Å². The highest BCUT2D eigenvalue weighted by Crippen LogP contribution is 2.05. The molecule has 0 aliphatic heterocycles. The number of hydrazine groups is 1. The molecule has 0 saturated heterocycles. The second kappa shape index (κ2) is 11.0. The zero-order valence-corrected chi connectivity index (χ0v) is 13.6. The summed E-state index contributed by atoms with van der Waals surface area (Å²) in [5.74, 6) is -1.06. The Balaban J connectivity index is 4.29. The maximum Gasteiger partial charge on any atom is 0.319 e. The highest BCUT2D eigenvalue weighted by molar-refractivity contribution is 5.79. The van der Waals surface area contributed by atoms with Gasteiger partial charge in [0, 0.05) is 25.9 Å². The van der Waals surface area contributed by atoms with Crippen LogP contribution in [-0.2, 0) is 14.4 Å². The number of amides is 2. The van der Waals surface area contributed by atoms with Crippen LogP contribution in [0.3, 0.4) is 0 Å². The van der Waals surface area contributed by atoms with Gasteiger partial charge in [0.15, 0.2) is 0 Å². The number of carboxylic acids is 1. The summed E-state index contributed by atoms with van der Waals surface area (Å²) in [5, 5.41) is 12.6. The number of carbonyl (C=O) groups excluding carboxylic acids is 2. The van der Waals surface area contributed by atoms with Crippen LogP contribution in [0.2, 0.25) is 0 Å². The molecule has 8 heteroatoms. The van der Waals surface area contributed by atoms with Crippen LogP contribution in [0.5, 0.6) is 0 Å². The number of nitrogens with two attached hydrogens (primary N) is 1. The van der Waals surface area contributed by atoms with Crippen LogP contribution < -0.4 is 16.5 Å². The van der Waals surface area contributed by atoms with Crippen molar-refractivity contribution in [1.82, 2.24) is 15.8 Å². The molecule has 0 unspecified atom stereocenters. The predicted octanol–water partition coefficient (Wildman–Crippen LogP) is -0.306. The maximum atomic E-state index is 11.8. The highest BCUT2D eigenvalue weighted by Gasteiger charge is 2.17. The van der Waals surface area contributed by atoms with E-state index in [0.717, 1.165) is 6.42 Å². The van der Waals surface area contributed by atoms with Gasteiger partial charge in [-0.2, -0.15) is 0 Å². The van der Waals surface area contributed by atoms with Crippen molar-refractivity contribution in [3.05, 3.63) is 0 Å². The largest absolute Gasteiger partial charge is 0.480 e. The van der Waals surface area contributed by atoms with E-state index >= 15 is 0 Å². The Morgan fingerprint density at radius 2 is 1.82 bits per heavy atom. The van der Waals surface area contributed by atoms with Crippen molar-refractivity contribution >= 4 is 17.8 Å². The molecule has 1 atom stereocenters. The minimum atomic E-state index is -1.04. The summed E-state index contributed by atoms with van der Waals surface area (Å²) in [5.41, 5.74) is 7.94. The first-order valence-corrected chi connectivity index (χ1v) is 7.46. The van der Waals surface area contributed by atoms with Gasteiger partial charge in [-0.3, -0.25) is 19.8 Å². The summed E-state index contributed by atoms with van der Waals surface area (Å²) in [6, 6.07) is -0.345. The van der Waals surface area contributed by atoms with Gasteiger partial charge >= 0.3 is 5.97 Å². The molecule has 0 aromatic heterocycles. The number of nitrogens with zero attached hydrogens (tertiary/aromatic N) is 1. The predicted molar refractivity (Wildman–Crippen MR) is 82.7 cm³/mol. The summed E-state index contributed by atoms with van der Waals surface area (Å²) in [6.45, 7) is 4.13. The van der Waals surface area contributed by atoms with Crippen molar-refractivity contribution < 1.29 is 19.5 Å². The van der Waals surface area contributed by atoms with Crippen molar-refractivity contribution in [1.29, 1.82) is 0 Å². The Bertz CT molecular complexity index is 374. The molecule has 0 aromatic carbocycles. The van der Waals surface area contributed by atoms with E-state index in [4.69, 9.17) is 10.8 Å². The number of carbonyl (C=O) groups is 3. The molecule has 2 amide bonds. The summed E-state index contributed by atoms with van der Waals surface area (Å²) in [7, 11) is 1.46. The molecule has 0 radical (unpaired) electrons. The number of rotatable bonds is 11. The van der Waals surface area contributed by atoms with E-state index in [1.165, 1.54) is 12.1 Å². The molecule has 5 N–H and O–H groups in total. The highest BCUT2D eigenvalue weighted by atomic mass is 16.4. The van der Waals surface area contributed by atoms with E-state index < -0.39 is 5.97 Å². The van der Waals surface area contributed by atoms with Crippen molar-refractivity contribution in [2.45, 2.75) is 45.6 Å². The molecule has 0 aromatic rings. The van der Waals surface area contributed by atoms with Gasteiger partial charge in [0.05, 0.1) is 0 Å². The molecule has 0 heterocycles. The molecule has 0 fully saturated rings. The first-order valence-electron chi connectivity index (χ1n) is 7.46. The fourth-order valence-electron chi connectivity index (χ4n) is 1.87. The van der Waals surface area contributed by atoms with Gasteiger partial charge in [0.1, 0.15) is 6.54 Å². The summed E-state index contributed by atoms with van der Waals surface area (Å²) >= 11 is 0. The Kier molecular flexibility index (Phi) is 10.1. The summed E-state index contributed by atoms with van der Waals surface area (Å²) in [4.78, 5) is 34.2. The molecule has 0 rings (SSSR count). The molecular weight excluding hydrogens is 288 g/mol. The van der Waals surface area contributed by atoms with Crippen molar-refractivity contribution in [2.24, 2.45) is 11.7 Å². The SMILES string of the molecule is CC(C)CCC(=O)N[C@@H](CCN)CC(=O)NN(C)CC(=O)O. The first-order chi connectivity index (χ1) is 10.2. The van der Waals surface area contributed by atoms with Crippen molar-refractivity contribution in [3.8, 4) is 0 Å². The molecule has 128 valence electrons. The lowest BCUT2D eigenvalue weighted by Crippen LogP contribution is -2.46. The molecule has 0 bridgehead atoms. The van der Waals surface area contributed by atoms with Crippen LogP contribution in [0.25, 0.3) is 0 Å². The lowest BCUT2D eigenvalue weighted by atomic mass is 10.1. The maximum absolute atomic E-state index is 11.8. The molecule has 0 aliphatic carbocycles. The smallest absolute Gasteiger partial charge is 0.319 e. The zero-order valence-electron chi connectivity index (χ0n) is 13.6. The lowest BCUT2D eigenvalue weighted by molar-refractivity contribution is -0.139. The molecule has 8 nitrogen and oxygen atoms in total. The monoisotopic (exact) mass is 316 g/mol. The number of hydrogen-bond acceptors (Lipinski definition) is 5. The van der Waals surface area contributed by atoms with Gasteiger partial charge in [-0.25, -0.2) is 5.01 Å². The van der Waals surface area contributed by atoms with E-state index in [1.807, 2.05) is 13.8 Å². The number of likely N-dealkylation sites (N-methyl/N-ethyl adjacent to an activating group) is 1. The van der Waals surface area contributed by atoms with Gasteiger partial charge in [-0.15, -0.1) is 0 Å². The quantitative estimate of drug-likeness (QED) is 0.388. The Labute approximate surface area is 131 Å². The normalized spacial score (nSPS) is 12.3. The summed E-state index contributed by atoms with van der Waals surface area (Å²) in [6.07, 6.45) is 1.76. The van der Waals surface area contributed by atoms with Crippen LogP contribution in [0.4, 0.5) is 0 Å². The van der Waals surface area contributed by atoms with E-state index in [-0.39, 0.29) is 30.8 Å². The minimum absolute atomic E-state index is 0.0641. The third-order valence-electron chi connectivity index (χ3n) is 2.95. The van der Waals surface area contributed by atoms with E-state index in [2.05, 4.69) is 10.7 Å². The van der Waals surface area contributed by atoms with Gasteiger partial charge < -0.3 is 16.2 Å². The number of hydrogen-bond donors (Lipinski definition) is 4. The average molecular weight is 316 g/mol. The molecule has 0 spiro atoms. The van der Waals surface area contributed by atoms with Crippen molar-refractivity contribution in [2.75, 3.05) is 20.1 Å². The van der Waals surface area contributed by atoms with Crippen LogP contribution >= 0.6 is 0 Å². The lowest BCUT2D eigenvalue weighted by Gasteiger charge is -2.20. The fraction of sp³-hybridized carbons (Fsp3) is 0.786. The summed E-state index contributed by atoms with van der Waals surface area (Å²) < 4.78 is 0. The fourth-order valence-corrected chi connectivity index (χ4v) is 1.87. The number of aliphatic carboxylic acids is 1. The molecular formula is C14H28N4O4. The molecule has 22 heavy (non-hydrogen) atoms. The second-order valence-corrected chi connectivity index (χ2v) is 5.76. The second-order valence-electron chi connectivity index (χ2n) is 5.76. The minimum Gasteiger partial charge on any atom is -0.480 e. The van der Waals surface area contributed by atoms with Crippen LogP contribution in [-0.4, -0.2) is 54.1 Å². The van der Waals surface area contributed by atoms with E-state index in [0.29, 0.717) is 25.3 Å². The third kappa shape index (κ3) is 11.0. The number of carboxylic acid groups (broad SMARTS) is 1. The molecule has 0 aliphatic rings. The van der Waals surface area contributed by atoms with Gasteiger partial charge in [0.25, 0.3) is 0 Å².